The number of ketones is 1. The molecule has 30 heavy (non-hydrogen) atoms. The number of rotatable bonds is 7. The lowest BCUT2D eigenvalue weighted by Gasteiger charge is -2.10. The largest absolute Gasteiger partial charge is 0.293 e. The van der Waals surface area contributed by atoms with Crippen LogP contribution in [0.4, 0.5) is 5.69 Å². The molecule has 0 N–H and O–H groups in total. The Morgan fingerprint density at radius 2 is 1.63 bits per heavy atom. The molecule has 0 atom stereocenters. The number of nitro groups is 1. The number of hydrogen-bond acceptors (Lipinski definition) is 6. The normalized spacial score (nSPS) is 10.7. The highest BCUT2D eigenvalue weighted by molar-refractivity contribution is 7.99. The van der Waals surface area contributed by atoms with Crippen molar-refractivity contribution in [3.8, 4) is 17.1 Å². The molecule has 1 heterocycles. The van der Waals surface area contributed by atoms with Crippen molar-refractivity contribution >= 4 is 23.2 Å². The standard InChI is InChI=1S/C22H16N4O3S/c27-20(17-10-7-13-19(14-17)26(28)29)15-30-22-24-23-21(16-8-3-1-4-9-16)25(22)18-11-5-2-6-12-18/h1-14H,15H2. The van der Waals surface area contributed by atoms with E-state index in [9.17, 15) is 14.9 Å². The Morgan fingerprint density at radius 3 is 2.33 bits per heavy atom. The van der Waals surface area contributed by atoms with Crippen molar-refractivity contribution in [3.63, 3.8) is 0 Å². The number of hydrogen-bond donors (Lipinski definition) is 0. The van der Waals surface area contributed by atoms with Gasteiger partial charge in [-0.2, -0.15) is 0 Å². The van der Waals surface area contributed by atoms with Gasteiger partial charge in [-0.05, 0) is 12.1 Å². The average molecular weight is 416 g/mol. The molecule has 0 radical (unpaired) electrons. The van der Waals surface area contributed by atoms with E-state index in [1.807, 2.05) is 65.2 Å². The smallest absolute Gasteiger partial charge is 0.270 e. The number of aromatic nitrogens is 3. The van der Waals surface area contributed by atoms with Gasteiger partial charge in [-0.1, -0.05) is 72.4 Å². The molecule has 0 amide bonds. The Morgan fingerprint density at radius 1 is 0.933 bits per heavy atom. The summed E-state index contributed by atoms with van der Waals surface area (Å²) in [5.41, 5.74) is 1.98. The maximum absolute atomic E-state index is 12.6. The number of benzene rings is 3. The second-order valence-electron chi connectivity index (χ2n) is 6.36. The van der Waals surface area contributed by atoms with Gasteiger partial charge in [-0.3, -0.25) is 19.5 Å². The fourth-order valence-corrected chi connectivity index (χ4v) is 3.80. The molecule has 0 aliphatic rings. The summed E-state index contributed by atoms with van der Waals surface area (Å²) in [7, 11) is 0. The molecule has 0 bridgehead atoms. The van der Waals surface area contributed by atoms with Crippen LogP contribution in [0.15, 0.2) is 90.1 Å². The van der Waals surface area contributed by atoms with Crippen molar-refractivity contribution in [1.82, 2.24) is 14.8 Å². The molecule has 8 heteroatoms. The minimum absolute atomic E-state index is 0.0843. The fourth-order valence-electron chi connectivity index (χ4n) is 2.95. The number of carbonyl (C=O) groups excluding carboxylic acids is 1. The predicted octanol–water partition coefficient (Wildman–Crippen LogP) is 4.82. The van der Waals surface area contributed by atoms with E-state index in [4.69, 9.17) is 0 Å². The topological polar surface area (TPSA) is 90.9 Å². The lowest BCUT2D eigenvalue weighted by Crippen LogP contribution is -2.05. The third-order valence-corrected chi connectivity index (χ3v) is 5.32. The monoisotopic (exact) mass is 416 g/mol. The van der Waals surface area contributed by atoms with Crippen LogP contribution in [-0.4, -0.2) is 31.2 Å². The number of carbonyl (C=O) groups is 1. The van der Waals surface area contributed by atoms with Crippen LogP contribution in [0, 0.1) is 10.1 Å². The van der Waals surface area contributed by atoms with E-state index in [1.165, 1.54) is 30.0 Å². The lowest BCUT2D eigenvalue weighted by atomic mass is 10.1. The van der Waals surface area contributed by atoms with Crippen LogP contribution < -0.4 is 0 Å². The predicted molar refractivity (Wildman–Crippen MR) is 115 cm³/mol. The molecule has 0 aliphatic heterocycles. The molecular formula is C22H16N4O3S. The van der Waals surface area contributed by atoms with Crippen LogP contribution in [0.5, 0.6) is 0 Å². The quantitative estimate of drug-likeness (QED) is 0.186. The summed E-state index contributed by atoms with van der Waals surface area (Å²) in [5, 5.41) is 20.2. The molecule has 3 aromatic carbocycles. The molecule has 4 aromatic rings. The van der Waals surface area contributed by atoms with Crippen molar-refractivity contribution in [2.24, 2.45) is 0 Å². The van der Waals surface area contributed by atoms with Gasteiger partial charge in [0.2, 0.25) is 0 Å². The zero-order valence-electron chi connectivity index (χ0n) is 15.7. The number of para-hydroxylation sites is 1. The van der Waals surface area contributed by atoms with Gasteiger partial charge in [0.05, 0.1) is 10.7 Å². The van der Waals surface area contributed by atoms with Crippen LogP contribution in [0.3, 0.4) is 0 Å². The summed E-state index contributed by atoms with van der Waals surface area (Å²) in [5.74, 6) is 0.542. The van der Waals surface area contributed by atoms with E-state index in [0.717, 1.165) is 11.3 Å². The molecule has 0 saturated carbocycles. The Kier molecular flexibility index (Phi) is 5.67. The second kappa shape index (κ2) is 8.71. The SMILES string of the molecule is O=C(CSc1nnc(-c2ccccc2)n1-c1ccccc1)c1cccc([N+](=O)[O-])c1. The Balaban J connectivity index is 1.63. The lowest BCUT2D eigenvalue weighted by molar-refractivity contribution is -0.384. The first-order valence-corrected chi connectivity index (χ1v) is 10.1. The molecule has 0 saturated heterocycles. The summed E-state index contributed by atoms with van der Waals surface area (Å²) >= 11 is 1.24. The molecule has 7 nitrogen and oxygen atoms in total. The summed E-state index contributed by atoms with van der Waals surface area (Å²) in [6.07, 6.45) is 0. The summed E-state index contributed by atoms with van der Waals surface area (Å²) in [6, 6.07) is 25.1. The molecule has 0 unspecified atom stereocenters. The van der Waals surface area contributed by atoms with E-state index in [1.54, 1.807) is 6.07 Å². The molecule has 4 rings (SSSR count). The number of Topliss-reactive ketones (excluding diaryl/α,β-unsaturated/α-hetero) is 1. The third kappa shape index (κ3) is 4.13. The average Bonchev–Trinajstić information content (AvgIpc) is 3.22. The van der Waals surface area contributed by atoms with E-state index in [2.05, 4.69) is 10.2 Å². The number of thioether (sulfide) groups is 1. The number of non-ortho nitro benzene ring substituents is 1. The van der Waals surface area contributed by atoms with Crippen molar-refractivity contribution in [2.45, 2.75) is 5.16 Å². The van der Waals surface area contributed by atoms with Crippen LogP contribution in [-0.2, 0) is 0 Å². The van der Waals surface area contributed by atoms with E-state index in [0.29, 0.717) is 16.5 Å². The van der Waals surface area contributed by atoms with Gasteiger partial charge < -0.3 is 0 Å². The van der Waals surface area contributed by atoms with Gasteiger partial charge >= 0.3 is 0 Å². The first-order chi connectivity index (χ1) is 14.6. The van der Waals surface area contributed by atoms with Crippen LogP contribution in [0.1, 0.15) is 10.4 Å². The number of nitrogens with zero attached hydrogens (tertiary/aromatic N) is 4. The first kappa shape index (κ1) is 19.5. The summed E-state index contributed by atoms with van der Waals surface area (Å²) in [6.45, 7) is 0. The van der Waals surface area contributed by atoms with Crippen LogP contribution in [0.25, 0.3) is 17.1 Å². The van der Waals surface area contributed by atoms with Gasteiger partial charge in [0.15, 0.2) is 16.8 Å². The van der Waals surface area contributed by atoms with Crippen LogP contribution in [0.2, 0.25) is 0 Å². The molecule has 1 aromatic heterocycles. The summed E-state index contributed by atoms with van der Waals surface area (Å²) in [4.78, 5) is 23.1. The van der Waals surface area contributed by atoms with E-state index in [-0.39, 0.29) is 17.2 Å². The third-order valence-electron chi connectivity index (χ3n) is 4.39. The molecule has 0 aliphatic carbocycles. The Bertz CT molecular complexity index is 1190. The number of nitro benzene ring substituents is 1. The van der Waals surface area contributed by atoms with Gasteiger partial charge in [0.1, 0.15) is 0 Å². The van der Waals surface area contributed by atoms with Gasteiger partial charge in [-0.25, -0.2) is 0 Å². The van der Waals surface area contributed by atoms with Crippen molar-refractivity contribution < 1.29 is 9.72 Å². The van der Waals surface area contributed by atoms with Crippen LogP contribution >= 0.6 is 11.8 Å². The second-order valence-corrected chi connectivity index (χ2v) is 7.30. The zero-order chi connectivity index (χ0) is 20.9. The fraction of sp³-hybridized carbons (Fsp3) is 0.0455. The first-order valence-electron chi connectivity index (χ1n) is 9.10. The van der Waals surface area contributed by atoms with E-state index < -0.39 is 4.92 Å². The van der Waals surface area contributed by atoms with Gasteiger partial charge in [0.25, 0.3) is 5.69 Å². The minimum Gasteiger partial charge on any atom is -0.293 e. The van der Waals surface area contributed by atoms with Crippen molar-refractivity contribution in [3.05, 3.63) is 101 Å². The van der Waals surface area contributed by atoms with Gasteiger partial charge in [-0.15, -0.1) is 10.2 Å². The highest BCUT2D eigenvalue weighted by Crippen LogP contribution is 2.28. The highest BCUT2D eigenvalue weighted by Gasteiger charge is 2.18. The Hall–Kier alpha value is -3.78. The van der Waals surface area contributed by atoms with Gasteiger partial charge in [0, 0.05) is 28.9 Å². The molecule has 148 valence electrons. The Labute approximate surface area is 176 Å². The zero-order valence-corrected chi connectivity index (χ0v) is 16.5. The highest BCUT2D eigenvalue weighted by atomic mass is 32.2. The minimum atomic E-state index is -0.512. The van der Waals surface area contributed by atoms with Crippen molar-refractivity contribution in [1.29, 1.82) is 0 Å². The maximum Gasteiger partial charge on any atom is 0.270 e. The molecule has 0 fully saturated rings. The summed E-state index contributed by atoms with van der Waals surface area (Å²) < 4.78 is 1.90. The van der Waals surface area contributed by atoms with E-state index >= 15 is 0 Å². The maximum atomic E-state index is 12.6. The van der Waals surface area contributed by atoms with Crippen molar-refractivity contribution in [2.75, 3.05) is 5.75 Å². The molecular weight excluding hydrogens is 400 g/mol. The molecule has 0 spiro atoms.